The van der Waals surface area contributed by atoms with Crippen LogP contribution in [0.1, 0.15) is 34.8 Å². The summed E-state index contributed by atoms with van der Waals surface area (Å²) in [6.07, 6.45) is 6.73. The van der Waals surface area contributed by atoms with Crippen LogP contribution in [0.25, 0.3) is 10.8 Å². The van der Waals surface area contributed by atoms with Gasteiger partial charge in [0.05, 0.1) is 13.2 Å². The standard InChI is InChI=1S/C27H30FN5O3/c1-30-10-7-23(29)26(17-5-6-24(35-2)22(28)14-17)33-27(34)18-3-4-19-16-31-25(15-20(19)13-18)32-21-8-11-36-12-9-21/h3-7,10,13-16,21,26H,8-9,11-12,29H2,1-2H3,(H,31,32)(H,33,34)/b23-7-,30-10?/t26-/m0/s1. The third-order valence-corrected chi connectivity index (χ3v) is 6.09. The first kappa shape index (κ1) is 25.1. The van der Waals surface area contributed by atoms with Crippen molar-refractivity contribution < 1.29 is 18.7 Å². The topological polar surface area (TPSA) is 111 Å². The summed E-state index contributed by atoms with van der Waals surface area (Å²) < 4.78 is 24.8. The van der Waals surface area contributed by atoms with Gasteiger partial charge in [0.25, 0.3) is 5.91 Å². The lowest BCUT2D eigenvalue weighted by Crippen LogP contribution is -2.32. The van der Waals surface area contributed by atoms with Crippen LogP contribution in [-0.2, 0) is 4.74 Å². The zero-order chi connectivity index (χ0) is 25.5. The molecule has 0 unspecified atom stereocenters. The fourth-order valence-corrected chi connectivity index (χ4v) is 4.10. The zero-order valence-electron chi connectivity index (χ0n) is 20.3. The normalized spacial score (nSPS) is 15.7. The summed E-state index contributed by atoms with van der Waals surface area (Å²) in [4.78, 5) is 21.7. The molecule has 36 heavy (non-hydrogen) atoms. The van der Waals surface area contributed by atoms with Crippen molar-refractivity contribution in [2.75, 3.05) is 32.7 Å². The van der Waals surface area contributed by atoms with Gasteiger partial charge in [0.2, 0.25) is 0 Å². The first-order valence-corrected chi connectivity index (χ1v) is 11.7. The van der Waals surface area contributed by atoms with E-state index in [1.165, 1.54) is 25.5 Å². The van der Waals surface area contributed by atoms with Gasteiger partial charge in [-0.05, 0) is 60.2 Å². The van der Waals surface area contributed by atoms with Crippen molar-refractivity contribution in [1.82, 2.24) is 10.3 Å². The fraction of sp³-hybridized carbons (Fsp3) is 0.296. The molecule has 0 saturated carbocycles. The third-order valence-electron chi connectivity index (χ3n) is 6.09. The zero-order valence-corrected chi connectivity index (χ0v) is 20.3. The van der Waals surface area contributed by atoms with Gasteiger partial charge >= 0.3 is 0 Å². The van der Waals surface area contributed by atoms with E-state index in [9.17, 15) is 9.18 Å². The van der Waals surface area contributed by atoms with Crippen LogP contribution in [0.4, 0.5) is 10.2 Å². The molecule has 4 N–H and O–H groups in total. The van der Waals surface area contributed by atoms with Crippen molar-refractivity contribution in [3.63, 3.8) is 0 Å². The first-order valence-electron chi connectivity index (χ1n) is 11.7. The lowest BCUT2D eigenvalue weighted by atomic mass is 10.0. The summed E-state index contributed by atoms with van der Waals surface area (Å²) in [5, 5.41) is 8.16. The number of benzene rings is 2. The van der Waals surface area contributed by atoms with Gasteiger partial charge in [0.1, 0.15) is 5.82 Å². The van der Waals surface area contributed by atoms with Crippen molar-refractivity contribution in [3.8, 4) is 5.75 Å². The number of nitrogens with one attached hydrogen (secondary N) is 2. The van der Waals surface area contributed by atoms with E-state index in [1.807, 2.05) is 12.1 Å². The van der Waals surface area contributed by atoms with Gasteiger partial charge in [0, 0.05) is 55.4 Å². The monoisotopic (exact) mass is 491 g/mol. The molecule has 1 aromatic heterocycles. The number of hydrogen-bond donors (Lipinski definition) is 3. The Morgan fingerprint density at radius 1 is 1.22 bits per heavy atom. The van der Waals surface area contributed by atoms with Crippen LogP contribution in [0.15, 0.2) is 65.4 Å². The molecule has 2 aromatic carbocycles. The number of methoxy groups -OCH3 is 1. The van der Waals surface area contributed by atoms with Gasteiger partial charge in [-0.25, -0.2) is 9.37 Å². The molecule has 8 nitrogen and oxygen atoms in total. The van der Waals surface area contributed by atoms with Crippen molar-refractivity contribution in [1.29, 1.82) is 0 Å². The van der Waals surface area contributed by atoms with E-state index in [-0.39, 0.29) is 11.7 Å². The van der Waals surface area contributed by atoms with E-state index in [1.54, 1.807) is 37.5 Å². The smallest absolute Gasteiger partial charge is 0.252 e. The van der Waals surface area contributed by atoms with Crippen LogP contribution in [0.5, 0.6) is 5.75 Å². The maximum absolute atomic E-state index is 14.4. The van der Waals surface area contributed by atoms with Gasteiger partial charge in [-0.2, -0.15) is 0 Å². The average Bonchev–Trinajstić information content (AvgIpc) is 2.90. The molecular weight excluding hydrogens is 461 g/mol. The summed E-state index contributed by atoms with van der Waals surface area (Å²) in [5.41, 5.74) is 7.50. The molecule has 0 radical (unpaired) electrons. The van der Waals surface area contributed by atoms with Crippen LogP contribution in [0.3, 0.4) is 0 Å². The number of ether oxygens (including phenoxy) is 2. The molecule has 1 atom stereocenters. The van der Waals surface area contributed by atoms with Crippen molar-refractivity contribution in [2.45, 2.75) is 24.9 Å². The molecule has 1 aliphatic heterocycles. The number of nitrogens with two attached hydrogens (primary N) is 1. The number of rotatable bonds is 8. The van der Waals surface area contributed by atoms with Crippen molar-refractivity contribution in [3.05, 3.63) is 77.4 Å². The number of carbonyl (C=O) groups is 1. The number of pyridine rings is 1. The van der Waals surface area contributed by atoms with Crippen LogP contribution in [0.2, 0.25) is 0 Å². The molecule has 0 bridgehead atoms. The molecule has 4 rings (SSSR count). The Morgan fingerprint density at radius 3 is 2.75 bits per heavy atom. The summed E-state index contributed by atoms with van der Waals surface area (Å²) in [7, 11) is 3.00. The Labute approximate surface area is 209 Å². The summed E-state index contributed by atoms with van der Waals surface area (Å²) in [6, 6.07) is 11.3. The maximum atomic E-state index is 14.4. The minimum absolute atomic E-state index is 0.106. The molecule has 1 fully saturated rings. The lowest BCUT2D eigenvalue weighted by Gasteiger charge is -2.23. The number of anilines is 1. The van der Waals surface area contributed by atoms with Gasteiger partial charge in [-0.15, -0.1) is 0 Å². The number of hydrogen-bond acceptors (Lipinski definition) is 7. The van der Waals surface area contributed by atoms with Crippen LogP contribution in [-0.4, -0.2) is 50.5 Å². The number of halogens is 1. The van der Waals surface area contributed by atoms with Crippen LogP contribution < -0.4 is 21.1 Å². The molecule has 0 spiro atoms. The Morgan fingerprint density at radius 2 is 2.03 bits per heavy atom. The van der Waals surface area contributed by atoms with E-state index in [0.717, 1.165) is 42.6 Å². The summed E-state index contributed by atoms with van der Waals surface area (Å²) in [6.45, 7) is 1.47. The number of aliphatic imine (C=N–C) groups is 1. The average molecular weight is 492 g/mol. The van der Waals surface area contributed by atoms with E-state index in [2.05, 4.69) is 20.6 Å². The number of aromatic nitrogens is 1. The number of amides is 1. The fourth-order valence-electron chi connectivity index (χ4n) is 4.10. The van der Waals surface area contributed by atoms with E-state index < -0.39 is 11.9 Å². The van der Waals surface area contributed by atoms with E-state index in [0.29, 0.717) is 22.9 Å². The molecule has 2 heterocycles. The third kappa shape index (κ3) is 5.98. The molecule has 9 heteroatoms. The van der Waals surface area contributed by atoms with Gasteiger partial charge < -0.3 is 25.8 Å². The van der Waals surface area contributed by atoms with Crippen molar-refractivity contribution >= 4 is 28.7 Å². The Kier molecular flexibility index (Phi) is 8.12. The molecule has 188 valence electrons. The Balaban J connectivity index is 1.59. The van der Waals surface area contributed by atoms with E-state index >= 15 is 0 Å². The molecule has 1 aliphatic rings. The van der Waals surface area contributed by atoms with Gasteiger partial charge in [-0.1, -0.05) is 12.1 Å². The number of allylic oxidation sites excluding steroid dienone is 1. The van der Waals surface area contributed by atoms with Gasteiger partial charge in [0.15, 0.2) is 11.6 Å². The molecule has 0 aliphatic carbocycles. The van der Waals surface area contributed by atoms with Crippen LogP contribution in [0, 0.1) is 5.82 Å². The summed E-state index contributed by atoms with van der Waals surface area (Å²) >= 11 is 0. The Bertz CT molecular complexity index is 1290. The van der Waals surface area contributed by atoms with Crippen molar-refractivity contribution in [2.24, 2.45) is 10.7 Å². The van der Waals surface area contributed by atoms with Crippen LogP contribution >= 0.6 is 0 Å². The summed E-state index contributed by atoms with van der Waals surface area (Å²) in [5.74, 6) is -0.0352. The minimum Gasteiger partial charge on any atom is -0.494 e. The second-order valence-corrected chi connectivity index (χ2v) is 8.54. The first-order chi connectivity index (χ1) is 17.5. The largest absolute Gasteiger partial charge is 0.494 e. The van der Waals surface area contributed by atoms with Gasteiger partial charge in [-0.3, -0.25) is 9.79 Å². The molecule has 3 aromatic rings. The second kappa shape index (κ2) is 11.6. The highest BCUT2D eigenvalue weighted by molar-refractivity contribution is 5.99. The predicted octanol–water partition coefficient (Wildman–Crippen LogP) is 3.99. The molecule has 1 saturated heterocycles. The minimum atomic E-state index is -0.769. The maximum Gasteiger partial charge on any atom is 0.252 e. The van der Waals surface area contributed by atoms with E-state index in [4.69, 9.17) is 15.2 Å². The number of carbonyl (C=O) groups excluding carboxylic acids is 1. The molecular formula is C27H30FN5O3. The highest BCUT2D eigenvalue weighted by Crippen LogP contribution is 2.26. The highest BCUT2D eigenvalue weighted by atomic mass is 19.1. The lowest BCUT2D eigenvalue weighted by molar-refractivity contribution is 0.0903. The highest BCUT2D eigenvalue weighted by Gasteiger charge is 2.20. The number of nitrogens with zero attached hydrogens (tertiary/aromatic N) is 2. The quantitative estimate of drug-likeness (QED) is 0.411. The SMILES string of the molecule is CN=C/C=C(\N)[C@@H](NC(=O)c1ccc2cnc(NC3CCOCC3)cc2c1)c1ccc(OC)c(F)c1. The second-order valence-electron chi connectivity index (χ2n) is 8.54. The number of fused-ring (bicyclic) bond motifs is 1. The molecule has 1 amide bonds. The predicted molar refractivity (Wildman–Crippen MR) is 139 cm³/mol. The Hall–Kier alpha value is -3.98.